The molecule has 0 aliphatic carbocycles. The number of carbonyl (C=O) groups excluding carboxylic acids is 1. The van der Waals surface area contributed by atoms with Gasteiger partial charge in [-0.1, -0.05) is 50.8 Å². The van der Waals surface area contributed by atoms with Gasteiger partial charge in [-0.15, -0.1) is 0 Å². The van der Waals surface area contributed by atoms with Crippen LogP contribution in [0.1, 0.15) is 45.1 Å². The predicted octanol–water partition coefficient (Wildman–Crippen LogP) is 3.10. The Kier molecular flexibility index (Phi) is 7.59. The summed E-state index contributed by atoms with van der Waals surface area (Å²) >= 11 is 0. The zero-order valence-electron chi connectivity index (χ0n) is 13.8. The van der Waals surface area contributed by atoms with Crippen molar-refractivity contribution in [2.24, 2.45) is 5.92 Å². The maximum absolute atomic E-state index is 12.2. The van der Waals surface area contributed by atoms with Crippen LogP contribution in [0.25, 0.3) is 0 Å². The maximum Gasteiger partial charge on any atom is 0.235 e. The summed E-state index contributed by atoms with van der Waals surface area (Å²) in [5.74, 6) is -0.484. The molecule has 4 nitrogen and oxygen atoms in total. The van der Waals surface area contributed by atoms with Gasteiger partial charge in [0.15, 0.2) is 9.84 Å². The van der Waals surface area contributed by atoms with Crippen LogP contribution in [0.5, 0.6) is 0 Å². The first kappa shape index (κ1) is 18.7. The van der Waals surface area contributed by atoms with Crippen LogP contribution in [0.3, 0.4) is 0 Å². The van der Waals surface area contributed by atoms with Gasteiger partial charge >= 0.3 is 0 Å². The minimum atomic E-state index is -3.56. The van der Waals surface area contributed by atoms with Gasteiger partial charge in [-0.2, -0.15) is 0 Å². The van der Waals surface area contributed by atoms with Crippen molar-refractivity contribution in [3.63, 3.8) is 0 Å². The molecule has 1 rings (SSSR count). The van der Waals surface area contributed by atoms with Crippen molar-refractivity contribution in [3.05, 3.63) is 29.8 Å². The second-order valence-electron chi connectivity index (χ2n) is 5.79. The van der Waals surface area contributed by atoms with Crippen LogP contribution in [-0.4, -0.2) is 26.6 Å². The zero-order chi connectivity index (χ0) is 16.6. The minimum Gasteiger partial charge on any atom is -0.355 e. The normalized spacial score (nSPS) is 12.9. The van der Waals surface area contributed by atoms with Crippen LogP contribution in [0, 0.1) is 12.8 Å². The molecule has 1 atom stereocenters. The number of benzene rings is 1. The molecule has 1 aromatic carbocycles. The van der Waals surface area contributed by atoms with Gasteiger partial charge in [0.25, 0.3) is 0 Å². The number of unbranched alkanes of at least 4 members (excludes halogenated alkanes) is 1. The standard InChI is InChI=1S/C17H27NO3S/c1-4-6-7-15(5-2)12-18-17(19)13-22(20,21)16-10-8-14(3)9-11-16/h8-11,15H,4-7,12-13H2,1-3H3,(H,18,19). The Morgan fingerprint density at radius 2 is 1.82 bits per heavy atom. The first-order valence-electron chi connectivity index (χ1n) is 7.95. The highest BCUT2D eigenvalue weighted by Gasteiger charge is 2.19. The molecule has 0 bridgehead atoms. The topological polar surface area (TPSA) is 63.2 Å². The maximum atomic E-state index is 12.2. The van der Waals surface area contributed by atoms with E-state index < -0.39 is 21.5 Å². The average Bonchev–Trinajstić information content (AvgIpc) is 2.47. The van der Waals surface area contributed by atoms with Gasteiger partial charge in [0.05, 0.1) is 4.90 Å². The van der Waals surface area contributed by atoms with Crippen molar-refractivity contribution >= 4 is 15.7 Å². The number of aryl methyl sites for hydroxylation is 1. The highest BCUT2D eigenvalue weighted by molar-refractivity contribution is 7.92. The lowest BCUT2D eigenvalue weighted by Gasteiger charge is -2.15. The zero-order valence-corrected chi connectivity index (χ0v) is 14.6. The molecule has 0 aromatic heterocycles. The van der Waals surface area contributed by atoms with Crippen molar-refractivity contribution in [1.29, 1.82) is 0 Å². The molecular formula is C17H27NO3S. The van der Waals surface area contributed by atoms with Gasteiger partial charge in [-0.05, 0) is 31.4 Å². The lowest BCUT2D eigenvalue weighted by atomic mass is 9.99. The molecule has 1 unspecified atom stereocenters. The fraction of sp³-hybridized carbons (Fsp3) is 0.588. The molecule has 0 aliphatic heterocycles. The van der Waals surface area contributed by atoms with E-state index in [1.54, 1.807) is 24.3 Å². The Labute approximate surface area is 134 Å². The van der Waals surface area contributed by atoms with Crippen molar-refractivity contribution in [2.75, 3.05) is 12.3 Å². The number of sulfone groups is 1. The molecule has 0 radical (unpaired) electrons. The van der Waals surface area contributed by atoms with Crippen LogP contribution in [0.2, 0.25) is 0 Å². The second kappa shape index (κ2) is 8.93. The smallest absolute Gasteiger partial charge is 0.235 e. The molecule has 0 heterocycles. The van der Waals surface area contributed by atoms with Gasteiger partial charge in [0.2, 0.25) is 5.91 Å². The number of hydrogen-bond donors (Lipinski definition) is 1. The van der Waals surface area contributed by atoms with Crippen LogP contribution in [0.15, 0.2) is 29.2 Å². The van der Waals surface area contributed by atoms with E-state index in [9.17, 15) is 13.2 Å². The van der Waals surface area contributed by atoms with E-state index in [1.807, 2.05) is 6.92 Å². The fourth-order valence-electron chi connectivity index (χ4n) is 2.25. The van der Waals surface area contributed by atoms with E-state index in [-0.39, 0.29) is 4.90 Å². The molecule has 0 saturated heterocycles. The number of hydrogen-bond acceptors (Lipinski definition) is 3. The van der Waals surface area contributed by atoms with E-state index in [1.165, 1.54) is 0 Å². The first-order valence-corrected chi connectivity index (χ1v) is 9.60. The highest BCUT2D eigenvalue weighted by atomic mass is 32.2. The first-order chi connectivity index (χ1) is 10.4. The van der Waals surface area contributed by atoms with Gasteiger partial charge in [-0.25, -0.2) is 8.42 Å². The van der Waals surface area contributed by atoms with Crippen molar-refractivity contribution in [1.82, 2.24) is 5.32 Å². The third-order valence-corrected chi connectivity index (χ3v) is 5.47. The largest absolute Gasteiger partial charge is 0.355 e. The monoisotopic (exact) mass is 325 g/mol. The number of amides is 1. The Hall–Kier alpha value is -1.36. The van der Waals surface area contributed by atoms with Crippen LogP contribution in [-0.2, 0) is 14.6 Å². The lowest BCUT2D eigenvalue weighted by Crippen LogP contribution is -2.34. The van der Waals surface area contributed by atoms with Gasteiger partial charge in [0.1, 0.15) is 5.75 Å². The summed E-state index contributed by atoms with van der Waals surface area (Å²) in [6, 6.07) is 6.58. The molecule has 124 valence electrons. The van der Waals surface area contributed by atoms with Crippen molar-refractivity contribution in [2.45, 2.75) is 51.3 Å². The molecule has 5 heteroatoms. The molecule has 0 aliphatic rings. The lowest BCUT2D eigenvalue weighted by molar-refractivity contribution is -0.118. The Bertz CT molecular complexity index is 564. The molecule has 22 heavy (non-hydrogen) atoms. The summed E-state index contributed by atoms with van der Waals surface area (Å²) in [6.07, 6.45) is 4.32. The third-order valence-electron chi connectivity index (χ3n) is 3.83. The quantitative estimate of drug-likeness (QED) is 0.759. The van der Waals surface area contributed by atoms with Gasteiger partial charge < -0.3 is 5.32 Å². The van der Waals surface area contributed by atoms with Gasteiger partial charge in [0, 0.05) is 6.54 Å². The summed E-state index contributed by atoms with van der Waals surface area (Å²) in [6.45, 7) is 6.68. The summed E-state index contributed by atoms with van der Waals surface area (Å²) in [5.41, 5.74) is 0.991. The predicted molar refractivity (Wildman–Crippen MR) is 89.5 cm³/mol. The Morgan fingerprint density at radius 1 is 1.18 bits per heavy atom. The van der Waals surface area contributed by atoms with E-state index in [2.05, 4.69) is 19.2 Å². The van der Waals surface area contributed by atoms with E-state index in [0.29, 0.717) is 12.5 Å². The molecule has 1 N–H and O–H groups in total. The summed E-state index contributed by atoms with van der Waals surface area (Å²) in [4.78, 5) is 12.1. The molecule has 1 aromatic rings. The second-order valence-corrected chi connectivity index (χ2v) is 7.78. The Morgan fingerprint density at radius 3 is 2.36 bits per heavy atom. The average molecular weight is 325 g/mol. The molecule has 0 spiro atoms. The van der Waals surface area contributed by atoms with Crippen molar-refractivity contribution in [3.8, 4) is 0 Å². The molecule has 0 fully saturated rings. The SMILES string of the molecule is CCCCC(CC)CNC(=O)CS(=O)(=O)c1ccc(C)cc1. The van der Waals surface area contributed by atoms with Crippen molar-refractivity contribution < 1.29 is 13.2 Å². The van der Waals surface area contributed by atoms with E-state index >= 15 is 0 Å². The third kappa shape index (κ3) is 6.18. The van der Waals surface area contributed by atoms with Gasteiger partial charge in [-0.3, -0.25) is 4.79 Å². The van der Waals surface area contributed by atoms with Crippen LogP contribution < -0.4 is 5.32 Å². The highest BCUT2D eigenvalue weighted by Crippen LogP contribution is 2.13. The molecule has 1 amide bonds. The van der Waals surface area contributed by atoms with E-state index in [4.69, 9.17) is 0 Å². The fourth-order valence-corrected chi connectivity index (χ4v) is 3.42. The van der Waals surface area contributed by atoms with Crippen LogP contribution >= 0.6 is 0 Å². The molecule has 0 saturated carbocycles. The summed E-state index contributed by atoms with van der Waals surface area (Å²) in [7, 11) is -3.56. The summed E-state index contributed by atoms with van der Waals surface area (Å²) in [5, 5.41) is 2.76. The summed E-state index contributed by atoms with van der Waals surface area (Å²) < 4.78 is 24.4. The number of carbonyl (C=O) groups is 1. The van der Waals surface area contributed by atoms with E-state index in [0.717, 1.165) is 31.2 Å². The number of nitrogens with one attached hydrogen (secondary N) is 1. The Balaban J connectivity index is 2.54. The van der Waals surface area contributed by atoms with Crippen LogP contribution in [0.4, 0.5) is 0 Å². The minimum absolute atomic E-state index is 0.200. The number of rotatable bonds is 9. The molecular weight excluding hydrogens is 298 g/mol.